The molecule has 20 heavy (non-hydrogen) atoms. The normalized spacial score (nSPS) is 11.1. The fourth-order valence-electron chi connectivity index (χ4n) is 1.94. The third-order valence-corrected chi connectivity index (χ3v) is 3.98. The summed E-state index contributed by atoms with van der Waals surface area (Å²) in [4.78, 5) is 17.5. The van der Waals surface area contributed by atoms with Crippen molar-refractivity contribution in [2.45, 2.75) is 24.5 Å². The van der Waals surface area contributed by atoms with Gasteiger partial charge in [-0.2, -0.15) is 0 Å². The van der Waals surface area contributed by atoms with Gasteiger partial charge in [0.2, 0.25) is 0 Å². The average Bonchev–Trinajstić information content (AvgIpc) is 2.79. The minimum Gasteiger partial charge on any atom is -0.375 e. The molecule has 3 rings (SSSR count). The van der Waals surface area contributed by atoms with Crippen LogP contribution in [0.2, 0.25) is 0 Å². The highest BCUT2D eigenvalue weighted by atomic mass is 32.2. The molecule has 0 radical (unpaired) electrons. The standard InChI is InChI=1S/C15H14N2O2S/c1-10-3-5-13(6-4-10)20-9-12-8-15(18)17-14(16-12)7-11(2)19-17/h3-8H,9H2,1-2H3. The third-order valence-electron chi connectivity index (χ3n) is 2.93. The number of thioether (sulfide) groups is 1. The Morgan fingerprint density at radius 3 is 2.70 bits per heavy atom. The molecular formula is C15H14N2O2S. The van der Waals surface area contributed by atoms with Crippen molar-refractivity contribution in [3.63, 3.8) is 0 Å². The molecule has 2 aromatic heterocycles. The lowest BCUT2D eigenvalue weighted by Gasteiger charge is -2.02. The van der Waals surface area contributed by atoms with E-state index in [9.17, 15) is 4.79 Å². The fraction of sp³-hybridized carbons (Fsp3) is 0.200. The highest BCUT2D eigenvalue weighted by Crippen LogP contribution is 2.22. The zero-order chi connectivity index (χ0) is 14.1. The van der Waals surface area contributed by atoms with Crippen molar-refractivity contribution in [2.75, 3.05) is 0 Å². The molecule has 1 aromatic carbocycles. The van der Waals surface area contributed by atoms with Gasteiger partial charge in [0.1, 0.15) is 5.76 Å². The van der Waals surface area contributed by atoms with Crippen LogP contribution < -0.4 is 5.56 Å². The van der Waals surface area contributed by atoms with Gasteiger partial charge in [-0.25, -0.2) is 4.98 Å². The summed E-state index contributed by atoms with van der Waals surface area (Å²) in [5.41, 5.74) is 2.39. The number of aromatic nitrogens is 2. The van der Waals surface area contributed by atoms with E-state index in [0.29, 0.717) is 17.2 Å². The highest BCUT2D eigenvalue weighted by Gasteiger charge is 2.07. The molecule has 0 saturated heterocycles. The first-order chi connectivity index (χ1) is 9.61. The van der Waals surface area contributed by atoms with E-state index >= 15 is 0 Å². The van der Waals surface area contributed by atoms with Crippen molar-refractivity contribution in [1.82, 2.24) is 9.56 Å². The van der Waals surface area contributed by atoms with Crippen LogP contribution >= 0.6 is 11.8 Å². The van der Waals surface area contributed by atoms with Gasteiger partial charge >= 0.3 is 0 Å². The van der Waals surface area contributed by atoms with Crippen molar-refractivity contribution in [2.24, 2.45) is 0 Å². The molecule has 3 aromatic rings. The van der Waals surface area contributed by atoms with E-state index in [2.05, 4.69) is 36.2 Å². The van der Waals surface area contributed by atoms with Crippen LogP contribution in [-0.2, 0) is 5.75 Å². The smallest absolute Gasteiger partial charge is 0.287 e. The summed E-state index contributed by atoms with van der Waals surface area (Å²) in [6.45, 7) is 3.86. The minimum atomic E-state index is -0.178. The van der Waals surface area contributed by atoms with E-state index in [-0.39, 0.29) is 5.56 Å². The van der Waals surface area contributed by atoms with Gasteiger partial charge in [0, 0.05) is 22.8 Å². The van der Waals surface area contributed by atoms with Gasteiger partial charge in [-0.1, -0.05) is 17.7 Å². The van der Waals surface area contributed by atoms with Crippen LogP contribution in [0.4, 0.5) is 0 Å². The Morgan fingerprint density at radius 1 is 1.20 bits per heavy atom. The van der Waals surface area contributed by atoms with E-state index in [1.807, 2.05) is 0 Å². The van der Waals surface area contributed by atoms with E-state index in [4.69, 9.17) is 4.52 Å². The predicted molar refractivity (Wildman–Crippen MR) is 79.2 cm³/mol. The van der Waals surface area contributed by atoms with Crippen LogP contribution in [0.25, 0.3) is 5.65 Å². The lowest BCUT2D eigenvalue weighted by Crippen LogP contribution is -2.12. The molecular weight excluding hydrogens is 272 g/mol. The molecule has 5 heteroatoms. The Balaban J connectivity index is 1.84. The number of hydrogen-bond donors (Lipinski definition) is 0. The molecule has 0 N–H and O–H groups in total. The van der Waals surface area contributed by atoms with Crippen LogP contribution in [0.1, 0.15) is 17.0 Å². The summed E-state index contributed by atoms with van der Waals surface area (Å²) in [5.74, 6) is 1.34. The lowest BCUT2D eigenvalue weighted by atomic mass is 10.2. The molecule has 0 aliphatic carbocycles. The minimum absolute atomic E-state index is 0.178. The molecule has 0 bridgehead atoms. The van der Waals surface area contributed by atoms with Crippen LogP contribution in [0.3, 0.4) is 0 Å². The van der Waals surface area contributed by atoms with Crippen molar-refractivity contribution >= 4 is 17.4 Å². The molecule has 0 spiro atoms. The zero-order valence-corrected chi connectivity index (χ0v) is 12.1. The molecule has 0 saturated carbocycles. The zero-order valence-electron chi connectivity index (χ0n) is 11.3. The quantitative estimate of drug-likeness (QED) is 0.694. The Kier molecular flexibility index (Phi) is 3.36. The summed E-state index contributed by atoms with van der Waals surface area (Å²) in [7, 11) is 0. The Labute approximate surface area is 120 Å². The molecule has 0 aliphatic heterocycles. The Bertz CT molecular complexity index is 803. The van der Waals surface area contributed by atoms with Crippen LogP contribution in [0, 0.1) is 13.8 Å². The van der Waals surface area contributed by atoms with Crippen LogP contribution in [0.5, 0.6) is 0 Å². The molecule has 4 nitrogen and oxygen atoms in total. The summed E-state index contributed by atoms with van der Waals surface area (Å²) >= 11 is 1.67. The molecule has 0 atom stereocenters. The average molecular weight is 286 g/mol. The Hall–Kier alpha value is -2.01. The number of aryl methyl sites for hydroxylation is 2. The van der Waals surface area contributed by atoms with E-state index < -0.39 is 0 Å². The molecule has 0 amide bonds. The van der Waals surface area contributed by atoms with Crippen LogP contribution in [0.15, 0.2) is 50.6 Å². The van der Waals surface area contributed by atoms with E-state index in [0.717, 1.165) is 5.69 Å². The summed E-state index contributed by atoms with van der Waals surface area (Å²) < 4.78 is 6.48. The summed E-state index contributed by atoms with van der Waals surface area (Å²) in [6, 6.07) is 11.6. The first kappa shape index (κ1) is 13.0. The molecule has 102 valence electrons. The monoisotopic (exact) mass is 286 g/mol. The van der Waals surface area contributed by atoms with Gasteiger partial charge < -0.3 is 4.52 Å². The molecule has 2 heterocycles. The van der Waals surface area contributed by atoms with Gasteiger partial charge in [0.25, 0.3) is 5.56 Å². The second-order valence-corrected chi connectivity index (χ2v) is 5.74. The highest BCUT2D eigenvalue weighted by molar-refractivity contribution is 7.98. The lowest BCUT2D eigenvalue weighted by molar-refractivity contribution is 0.344. The first-order valence-corrected chi connectivity index (χ1v) is 7.29. The second-order valence-electron chi connectivity index (χ2n) is 4.69. The number of hydrogen-bond acceptors (Lipinski definition) is 4. The summed E-state index contributed by atoms with van der Waals surface area (Å²) in [6.07, 6.45) is 0. The van der Waals surface area contributed by atoms with Gasteiger partial charge in [-0.15, -0.1) is 16.3 Å². The largest absolute Gasteiger partial charge is 0.375 e. The predicted octanol–water partition coefficient (Wildman–Crippen LogP) is 3.20. The molecule has 0 aliphatic rings. The van der Waals surface area contributed by atoms with E-state index in [1.54, 1.807) is 24.8 Å². The number of nitrogens with zero attached hydrogens (tertiary/aromatic N) is 2. The van der Waals surface area contributed by atoms with E-state index in [1.165, 1.54) is 21.1 Å². The first-order valence-electron chi connectivity index (χ1n) is 6.31. The molecule has 0 unspecified atom stereocenters. The van der Waals surface area contributed by atoms with Gasteiger partial charge in [-0.3, -0.25) is 4.79 Å². The van der Waals surface area contributed by atoms with Crippen molar-refractivity contribution in [1.29, 1.82) is 0 Å². The number of benzene rings is 1. The SMILES string of the molecule is Cc1ccc(SCc2cc(=O)n3oc(C)cc3n2)cc1. The third kappa shape index (κ3) is 2.63. The molecule has 0 fully saturated rings. The van der Waals surface area contributed by atoms with Gasteiger partial charge in [0.05, 0.1) is 5.69 Å². The summed E-state index contributed by atoms with van der Waals surface area (Å²) in [5, 5.41) is 0. The van der Waals surface area contributed by atoms with Gasteiger partial charge in [0.15, 0.2) is 5.65 Å². The van der Waals surface area contributed by atoms with Crippen molar-refractivity contribution in [3.05, 3.63) is 63.8 Å². The van der Waals surface area contributed by atoms with Gasteiger partial charge in [-0.05, 0) is 26.0 Å². The number of rotatable bonds is 3. The van der Waals surface area contributed by atoms with Crippen molar-refractivity contribution in [3.8, 4) is 0 Å². The fourth-order valence-corrected chi connectivity index (χ4v) is 2.73. The topological polar surface area (TPSA) is 47.5 Å². The maximum atomic E-state index is 11.9. The van der Waals surface area contributed by atoms with Crippen molar-refractivity contribution < 1.29 is 4.52 Å². The maximum Gasteiger partial charge on any atom is 0.287 e. The number of fused-ring (bicyclic) bond motifs is 1. The Morgan fingerprint density at radius 2 is 1.95 bits per heavy atom. The second kappa shape index (κ2) is 5.17. The maximum absolute atomic E-state index is 11.9. The van der Waals surface area contributed by atoms with Crippen LogP contribution in [-0.4, -0.2) is 9.56 Å².